The van der Waals surface area contributed by atoms with Crippen LogP contribution in [0.5, 0.6) is 5.75 Å². The zero-order chi connectivity index (χ0) is 12.5. The molecule has 2 heterocycles. The summed E-state index contributed by atoms with van der Waals surface area (Å²) in [6, 6.07) is 8.28. The van der Waals surface area contributed by atoms with E-state index in [2.05, 4.69) is 11.1 Å². The number of aromatic nitrogens is 1. The SMILES string of the molecule is Cc1cccc2c1OCCc1sc(CC#N)nc1-2. The van der Waals surface area contributed by atoms with Gasteiger partial charge in [-0.25, -0.2) is 4.98 Å². The van der Waals surface area contributed by atoms with Crippen molar-refractivity contribution in [2.75, 3.05) is 6.61 Å². The van der Waals surface area contributed by atoms with E-state index in [1.165, 1.54) is 4.88 Å². The van der Waals surface area contributed by atoms with E-state index < -0.39 is 0 Å². The van der Waals surface area contributed by atoms with Gasteiger partial charge in [0.05, 0.1) is 24.8 Å². The van der Waals surface area contributed by atoms with Gasteiger partial charge in [0.15, 0.2) is 0 Å². The van der Waals surface area contributed by atoms with Crippen LogP contribution in [0.15, 0.2) is 18.2 Å². The molecule has 0 bridgehead atoms. The minimum atomic E-state index is 0.389. The number of nitriles is 1. The molecule has 1 aliphatic heterocycles. The van der Waals surface area contributed by atoms with E-state index in [1.54, 1.807) is 11.3 Å². The van der Waals surface area contributed by atoms with Gasteiger partial charge in [0.25, 0.3) is 0 Å². The van der Waals surface area contributed by atoms with Gasteiger partial charge in [0.1, 0.15) is 10.8 Å². The van der Waals surface area contributed by atoms with Crippen LogP contribution in [0.25, 0.3) is 11.3 Å². The Labute approximate surface area is 110 Å². The molecule has 1 aromatic carbocycles. The van der Waals surface area contributed by atoms with Crippen LogP contribution in [0.1, 0.15) is 15.4 Å². The second-order valence-electron chi connectivity index (χ2n) is 4.26. The minimum Gasteiger partial charge on any atom is -0.492 e. The third kappa shape index (κ3) is 1.77. The molecule has 0 N–H and O–H groups in total. The summed E-state index contributed by atoms with van der Waals surface area (Å²) < 4.78 is 5.82. The molecule has 3 rings (SSSR count). The highest BCUT2D eigenvalue weighted by Crippen LogP contribution is 2.39. The van der Waals surface area contributed by atoms with E-state index in [1.807, 2.05) is 25.1 Å². The number of rotatable bonds is 1. The molecular weight excluding hydrogens is 244 g/mol. The molecule has 0 saturated heterocycles. The zero-order valence-corrected chi connectivity index (χ0v) is 10.9. The van der Waals surface area contributed by atoms with Crippen molar-refractivity contribution in [1.82, 2.24) is 4.98 Å². The van der Waals surface area contributed by atoms with Crippen LogP contribution in [0, 0.1) is 18.3 Å². The molecule has 2 aromatic rings. The quantitative estimate of drug-likeness (QED) is 0.787. The van der Waals surface area contributed by atoms with Crippen molar-refractivity contribution in [3.63, 3.8) is 0 Å². The summed E-state index contributed by atoms with van der Waals surface area (Å²) in [5.74, 6) is 0.935. The molecule has 1 aliphatic rings. The van der Waals surface area contributed by atoms with E-state index in [4.69, 9.17) is 10.00 Å². The van der Waals surface area contributed by atoms with Crippen LogP contribution in [0.3, 0.4) is 0 Å². The predicted molar refractivity (Wildman–Crippen MR) is 70.8 cm³/mol. The van der Waals surface area contributed by atoms with E-state index in [0.717, 1.165) is 34.0 Å². The molecule has 0 fully saturated rings. The topological polar surface area (TPSA) is 45.9 Å². The van der Waals surface area contributed by atoms with Crippen LogP contribution < -0.4 is 4.74 Å². The number of benzene rings is 1. The molecule has 4 heteroatoms. The van der Waals surface area contributed by atoms with Crippen molar-refractivity contribution in [1.29, 1.82) is 5.26 Å². The molecule has 1 aromatic heterocycles. The van der Waals surface area contributed by atoms with Gasteiger partial charge >= 0.3 is 0 Å². The number of para-hydroxylation sites is 1. The van der Waals surface area contributed by atoms with Crippen LogP contribution in [-0.4, -0.2) is 11.6 Å². The first-order valence-corrected chi connectivity index (χ1v) is 6.69. The summed E-state index contributed by atoms with van der Waals surface area (Å²) in [5, 5.41) is 9.67. The lowest BCUT2D eigenvalue weighted by atomic mass is 10.1. The van der Waals surface area contributed by atoms with Crippen molar-refractivity contribution < 1.29 is 4.74 Å². The second kappa shape index (κ2) is 4.43. The number of ether oxygens (including phenoxy) is 1. The van der Waals surface area contributed by atoms with E-state index in [-0.39, 0.29) is 0 Å². The van der Waals surface area contributed by atoms with Gasteiger partial charge in [0, 0.05) is 16.9 Å². The molecule has 0 radical (unpaired) electrons. The van der Waals surface area contributed by atoms with Crippen LogP contribution in [-0.2, 0) is 12.8 Å². The van der Waals surface area contributed by atoms with Crippen molar-refractivity contribution in [3.8, 4) is 23.1 Å². The minimum absolute atomic E-state index is 0.389. The summed E-state index contributed by atoms with van der Waals surface area (Å²) in [7, 11) is 0. The summed E-state index contributed by atoms with van der Waals surface area (Å²) in [5.41, 5.74) is 3.19. The first kappa shape index (κ1) is 11.2. The lowest BCUT2D eigenvalue weighted by molar-refractivity contribution is 0.325. The highest BCUT2D eigenvalue weighted by Gasteiger charge is 2.20. The highest BCUT2D eigenvalue weighted by molar-refractivity contribution is 7.12. The van der Waals surface area contributed by atoms with Crippen molar-refractivity contribution in [2.45, 2.75) is 19.8 Å². The van der Waals surface area contributed by atoms with E-state index in [0.29, 0.717) is 13.0 Å². The molecule has 0 unspecified atom stereocenters. The Hall–Kier alpha value is -1.86. The number of thiazole rings is 1. The fourth-order valence-corrected chi connectivity index (χ4v) is 3.20. The zero-order valence-electron chi connectivity index (χ0n) is 10.1. The fourth-order valence-electron chi connectivity index (χ4n) is 2.20. The van der Waals surface area contributed by atoms with Crippen LogP contribution in [0.4, 0.5) is 0 Å². The van der Waals surface area contributed by atoms with Crippen LogP contribution in [0.2, 0.25) is 0 Å². The predicted octanol–water partition coefficient (Wildman–Crippen LogP) is 3.12. The Morgan fingerprint density at radius 2 is 2.39 bits per heavy atom. The van der Waals surface area contributed by atoms with Gasteiger partial charge in [-0.15, -0.1) is 11.3 Å². The molecular formula is C14H12N2OS. The van der Waals surface area contributed by atoms with Gasteiger partial charge in [-0.3, -0.25) is 0 Å². The molecule has 0 atom stereocenters. The summed E-state index contributed by atoms with van der Waals surface area (Å²) in [4.78, 5) is 5.83. The fraction of sp³-hybridized carbons (Fsp3) is 0.286. The van der Waals surface area contributed by atoms with Crippen LogP contribution >= 0.6 is 11.3 Å². The Morgan fingerprint density at radius 1 is 1.50 bits per heavy atom. The molecule has 0 saturated carbocycles. The molecule has 0 amide bonds. The van der Waals surface area contributed by atoms with Gasteiger partial charge in [-0.1, -0.05) is 12.1 Å². The van der Waals surface area contributed by atoms with E-state index >= 15 is 0 Å². The van der Waals surface area contributed by atoms with Crippen molar-refractivity contribution in [3.05, 3.63) is 33.6 Å². The van der Waals surface area contributed by atoms with Gasteiger partial charge in [-0.2, -0.15) is 5.26 Å². The Bertz CT molecular complexity index is 640. The third-order valence-corrected chi connectivity index (χ3v) is 4.13. The third-order valence-electron chi connectivity index (χ3n) is 3.01. The Morgan fingerprint density at radius 3 is 3.22 bits per heavy atom. The van der Waals surface area contributed by atoms with Gasteiger partial charge in [0.2, 0.25) is 0 Å². The Balaban J connectivity index is 2.18. The molecule has 18 heavy (non-hydrogen) atoms. The summed E-state index contributed by atoms with van der Waals surface area (Å²) in [6.07, 6.45) is 1.26. The van der Waals surface area contributed by atoms with Crippen molar-refractivity contribution >= 4 is 11.3 Å². The maximum Gasteiger partial charge on any atom is 0.131 e. The highest BCUT2D eigenvalue weighted by atomic mass is 32.1. The largest absolute Gasteiger partial charge is 0.492 e. The first-order chi connectivity index (χ1) is 8.79. The van der Waals surface area contributed by atoms with Gasteiger partial charge < -0.3 is 4.74 Å². The second-order valence-corrected chi connectivity index (χ2v) is 5.43. The molecule has 90 valence electrons. The average Bonchev–Trinajstić information content (AvgIpc) is 2.67. The first-order valence-electron chi connectivity index (χ1n) is 5.88. The Kier molecular flexibility index (Phi) is 2.77. The standard InChI is InChI=1S/C14H12N2OS/c1-9-3-2-4-10-13-11(6-8-17-14(9)10)18-12(16-13)5-7-15/h2-4H,5-6,8H2,1H3. The van der Waals surface area contributed by atoms with Crippen molar-refractivity contribution in [2.24, 2.45) is 0 Å². The number of aryl methyl sites for hydroxylation is 1. The average molecular weight is 256 g/mol. The lowest BCUT2D eigenvalue weighted by Crippen LogP contribution is -1.99. The number of hydrogen-bond acceptors (Lipinski definition) is 4. The number of nitrogens with zero attached hydrogens (tertiary/aromatic N) is 2. The summed E-state index contributed by atoms with van der Waals surface area (Å²) >= 11 is 1.63. The molecule has 3 nitrogen and oxygen atoms in total. The maximum atomic E-state index is 8.77. The lowest BCUT2D eigenvalue weighted by Gasteiger charge is -2.09. The smallest absolute Gasteiger partial charge is 0.131 e. The summed E-state index contributed by atoms with van der Waals surface area (Å²) in [6.45, 7) is 2.73. The normalized spacial score (nSPS) is 12.9. The monoisotopic (exact) mass is 256 g/mol. The molecule has 0 aliphatic carbocycles. The van der Waals surface area contributed by atoms with Gasteiger partial charge in [-0.05, 0) is 18.6 Å². The molecule has 0 spiro atoms. The van der Waals surface area contributed by atoms with E-state index in [9.17, 15) is 0 Å². The number of hydrogen-bond donors (Lipinski definition) is 0. The number of fused-ring (bicyclic) bond motifs is 3. The maximum absolute atomic E-state index is 8.77.